The quantitative estimate of drug-likeness (QED) is 0.625. The highest BCUT2D eigenvalue weighted by molar-refractivity contribution is 6.13. The molecule has 0 spiro atoms. The molecule has 0 bridgehead atoms. The molecule has 2 rings (SSSR count). The van der Waals surface area contributed by atoms with E-state index in [4.69, 9.17) is 0 Å². The van der Waals surface area contributed by atoms with Crippen LogP contribution in [0.2, 0.25) is 0 Å². The third-order valence-corrected chi connectivity index (χ3v) is 3.18. The van der Waals surface area contributed by atoms with E-state index in [-0.39, 0.29) is 29.6 Å². The zero-order valence-corrected chi connectivity index (χ0v) is 8.60. The van der Waals surface area contributed by atoms with Crippen molar-refractivity contribution in [3.05, 3.63) is 12.2 Å². The fourth-order valence-corrected chi connectivity index (χ4v) is 2.46. The Morgan fingerprint density at radius 2 is 1.87 bits per heavy atom. The van der Waals surface area contributed by atoms with Gasteiger partial charge in [0.15, 0.2) is 0 Å². The molecule has 15 heavy (non-hydrogen) atoms. The van der Waals surface area contributed by atoms with E-state index in [1.165, 1.54) is 24.0 Å². The molecule has 1 heterocycles. The number of rotatable bonds is 2. The molecule has 0 N–H and O–H groups in total. The first kappa shape index (κ1) is 10.1. The van der Waals surface area contributed by atoms with E-state index in [1.807, 2.05) is 0 Å². The van der Waals surface area contributed by atoms with Gasteiger partial charge in [0.1, 0.15) is 5.78 Å². The van der Waals surface area contributed by atoms with E-state index in [9.17, 15) is 14.4 Å². The minimum atomic E-state index is -0.279. The van der Waals surface area contributed by atoms with Crippen LogP contribution in [-0.2, 0) is 14.4 Å². The molecule has 0 aromatic carbocycles. The molecule has 2 amide bonds. The van der Waals surface area contributed by atoms with E-state index in [1.54, 1.807) is 0 Å². The third kappa shape index (κ3) is 1.60. The van der Waals surface area contributed by atoms with Crippen molar-refractivity contribution in [3.8, 4) is 0 Å². The Hall–Kier alpha value is -1.45. The molecule has 4 nitrogen and oxygen atoms in total. The summed E-state index contributed by atoms with van der Waals surface area (Å²) in [4.78, 5) is 35.5. The predicted molar refractivity (Wildman–Crippen MR) is 52.8 cm³/mol. The molecule has 0 radical (unpaired) electrons. The Morgan fingerprint density at radius 1 is 1.27 bits per heavy atom. The van der Waals surface area contributed by atoms with Crippen LogP contribution >= 0.6 is 0 Å². The summed E-state index contributed by atoms with van der Waals surface area (Å²) in [5.41, 5.74) is 0. The average Bonchev–Trinajstić information content (AvgIpc) is 2.73. The van der Waals surface area contributed by atoms with Crippen LogP contribution in [0.1, 0.15) is 26.2 Å². The van der Waals surface area contributed by atoms with Crippen LogP contribution in [0.3, 0.4) is 0 Å². The molecule has 80 valence electrons. The predicted octanol–water partition coefficient (Wildman–Crippen LogP) is 0.669. The van der Waals surface area contributed by atoms with Gasteiger partial charge in [-0.25, -0.2) is 0 Å². The normalized spacial score (nSPS) is 30.3. The van der Waals surface area contributed by atoms with Crippen molar-refractivity contribution in [2.45, 2.75) is 32.2 Å². The van der Waals surface area contributed by atoms with Gasteiger partial charge in [-0.05, 0) is 19.8 Å². The summed E-state index contributed by atoms with van der Waals surface area (Å²) in [6.07, 6.45) is 5.00. The molecule has 4 heteroatoms. The van der Waals surface area contributed by atoms with Crippen molar-refractivity contribution in [3.63, 3.8) is 0 Å². The number of carbonyl (C=O) groups is 3. The number of amides is 2. The first-order chi connectivity index (χ1) is 7.11. The maximum Gasteiger partial charge on any atom is 0.253 e. The smallest absolute Gasteiger partial charge is 0.253 e. The number of ketones is 1. The SMILES string of the molecule is CC(=O)C1CCCC1N1C(=O)C=CC1=O. The van der Waals surface area contributed by atoms with Crippen LogP contribution in [0.4, 0.5) is 0 Å². The fraction of sp³-hybridized carbons (Fsp3) is 0.545. The van der Waals surface area contributed by atoms with Crippen molar-refractivity contribution < 1.29 is 14.4 Å². The summed E-state index contributed by atoms with van der Waals surface area (Å²) in [7, 11) is 0. The van der Waals surface area contributed by atoms with E-state index >= 15 is 0 Å². The Labute approximate surface area is 87.9 Å². The highest BCUT2D eigenvalue weighted by Crippen LogP contribution is 2.32. The Bertz CT molecular complexity index is 341. The van der Waals surface area contributed by atoms with Gasteiger partial charge in [0.2, 0.25) is 0 Å². The second-order valence-corrected chi connectivity index (χ2v) is 4.10. The summed E-state index contributed by atoms with van der Waals surface area (Å²) in [5, 5.41) is 0. The summed E-state index contributed by atoms with van der Waals surface area (Å²) < 4.78 is 0. The van der Waals surface area contributed by atoms with Crippen molar-refractivity contribution >= 4 is 17.6 Å². The molecule has 0 saturated heterocycles. The van der Waals surface area contributed by atoms with E-state index in [0.29, 0.717) is 0 Å². The second kappa shape index (κ2) is 3.61. The fourth-order valence-electron chi connectivity index (χ4n) is 2.46. The Morgan fingerprint density at radius 3 is 2.40 bits per heavy atom. The first-order valence-electron chi connectivity index (χ1n) is 5.17. The molecule has 2 unspecified atom stereocenters. The molecule has 2 aliphatic rings. The maximum absolute atomic E-state index is 11.4. The van der Waals surface area contributed by atoms with Gasteiger partial charge in [-0.3, -0.25) is 19.3 Å². The minimum Gasteiger partial charge on any atom is -0.300 e. The molecule has 1 aliphatic carbocycles. The number of carbonyl (C=O) groups excluding carboxylic acids is 3. The van der Waals surface area contributed by atoms with Crippen LogP contribution < -0.4 is 0 Å². The standard InChI is InChI=1S/C11H13NO3/c1-7(13)8-3-2-4-9(8)12-10(14)5-6-11(12)15/h5-6,8-9H,2-4H2,1H3. The molecule has 1 aliphatic heterocycles. The topological polar surface area (TPSA) is 54.5 Å². The van der Waals surface area contributed by atoms with Gasteiger partial charge >= 0.3 is 0 Å². The number of nitrogens with zero attached hydrogens (tertiary/aromatic N) is 1. The lowest BCUT2D eigenvalue weighted by atomic mass is 9.98. The molecular formula is C11H13NO3. The van der Waals surface area contributed by atoms with Gasteiger partial charge in [0.25, 0.3) is 11.8 Å². The van der Waals surface area contributed by atoms with Gasteiger partial charge in [-0.1, -0.05) is 6.42 Å². The Balaban J connectivity index is 2.20. The van der Waals surface area contributed by atoms with Gasteiger partial charge in [-0.2, -0.15) is 0 Å². The van der Waals surface area contributed by atoms with Crippen LogP contribution in [0, 0.1) is 5.92 Å². The third-order valence-electron chi connectivity index (χ3n) is 3.18. The van der Waals surface area contributed by atoms with Gasteiger partial charge < -0.3 is 0 Å². The van der Waals surface area contributed by atoms with Crippen molar-refractivity contribution in [2.24, 2.45) is 5.92 Å². The lowest BCUT2D eigenvalue weighted by Crippen LogP contribution is -2.43. The summed E-state index contributed by atoms with van der Waals surface area (Å²) >= 11 is 0. The van der Waals surface area contributed by atoms with Crippen molar-refractivity contribution in [2.75, 3.05) is 0 Å². The van der Waals surface area contributed by atoms with Gasteiger partial charge in [0, 0.05) is 24.1 Å². The van der Waals surface area contributed by atoms with E-state index in [2.05, 4.69) is 0 Å². The lowest BCUT2D eigenvalue weighted by molar-refractivity contribution is -0.141. The van der Waals surface area contributed by atoms with Crippen LogP contribution in [0.25, 0.3) is 0 Å². The lowest BCUT2D eigenvalue weighted by Gasteiger charge is -2.26. The zero-order valence-electron chi connectivity index (χ0n) is 8.60. The summed E-state index contributed by atoms with van der Waals surface area (Å²) in [5.74, 6) is -0.640. The van der Waals surface area contributed by atoms with Crippen molar-refractivity contribution in [1.29, 1.82) is 0 Å². The zero-order chi connectivity index (χ0) is 11.0. The minimum absolute atomic E-state index is 0.0741. The molecule has 1 saturated carbocycles. The molecule has 0 aromatic heterocycles. The second-order valence-electron chi connectivity index (χ2n) is 4.10. The monoisotopic (exact) mass is 207 g/mol. The number of imide groups is 1. The van der Waals surface area contributed by atoms with Crippen LogP contribution in [-0.4, -0.2) is 28.5 Å². The number of hydrogen-bond donors (Lipinski definition) is 0. The number of hydrogen-bond acceptors (Lipinski definition) is 3. The average molecular weight is 207 g/mol. The largest absolute Gasteiger partial charge is 0.300 e. The van der Waals surface area contributed by atoms with Crippen LogP contribution in [0.5, 0.6) is 0 Å². The maximum atomic E-state index is 11.4. The van der Waals surface area contributed by atoms with Gasteiger partial charge in [0.05, 0.1) is 0 Å². The first-order valence-corrected chi connectivity index (χ1v) is 5.17. The Kier molecular flexibility index (Phi) is 2.42. The van der Waals surface area contributed by atoms with Gasteiger partial charge in [-0.15, -0.1) is 0 Å². The summed E-state index contributed by atoms with van der Waals surface area (Å²) in [6.45, 7) is 1.53. The molecule has 2 atom stereocenters. The van der Waals surface area contributed by atoms with Crippen molar-refractivity contribution in [1.82, 2.24) is 4.90 Å². The van der Waals surface area contributed by atoms with E-state index < -0.39 is 0 Å². The highest BCUT2D eigenvalue weighted by Gasteiger charge is 2.40. The molecular weight excluding hydrogens is 194 g/mol. The molecule has 1 fully saturated rings. The number of Topliss-reactive ketones (excluding diaryl/α,β-unsaturated/α-hetero) is 1. The summed E-state index contributed by atoms with van der Waals surface area (Å²) in [6, 6.07) is -0.211. The highest BCUT2D eigenvalue weighted by atomic mass is 16.2. The van der Waals surface area contributed by atoms with E-state index in [0.717, 1.165) is 19.3 Å². The van der Waals surface area contributed by atoms with Crippen LogP contribution in [0.15, 0.2) is 12.2 Å². The molecule has 0 aromatic rings.